The highest BCUT2D eigenvalue weighted by Gasteiger charge is 2.15. The van der Waals surface area contributed by atoms with Crippen LogP contribution in [-0.2, 0) is 6.54 Å². The lowest BCUT2D eigenvalue weighted by Gasteiger charge is -2.26. The van der Waals surface area contributed by atoms with Gasteiger partial charge in [-0.05, 0) is 43.9 Å². The van der Waals surface area contributed by atoms with Gasteiger partial charge in [0.15, 0.2) is 0 Å². The van der Waals surface area contributed by atoms with Gasteiger partial charge in [0, 0.05) is 19.6 Å². The van der Waals surface area contributed by atoms with E-state index in [2.05, 4.69) is 5.32 Å². The predicted molar refractivity (Wildman–Crippen MR) is 75.3 cm³/mol. The summed E-state index contributed by atoms with van der Waals surface area (Å²) in [6.45, 7) is 4.98. The molecule has 4 heteroatoms. The first-order chi connectivity index (χ1) is 9.29. The summed E-state index contributed by atoms with van der Waals surface area (Å²) in [7, 11) is 0. The number of ether oxygens (including phenoxy) is 1. The van der Waals surface area contributed by atoms with Crippen LogP contribution in [0.5, 0.6) is 5.75 Å². The van der Waals surface area contributed by atoms with Gasteiger partial charge in [0.1, 0.15) is 5.75 Å². The molecule has 1 heterocycles. The minimum absolute atomic E-state index is 0.0496. The van der Waals surface area contributed by atoms with Crippen LogP contribution in [0.4, 0.5) is 4.79 Å². The largest absolute Gasteiger partial charge is 0.494 e. The van der Waals surface area contributed by atoms with Gasteiger partial charge in [-0.15, -0.1) is 0 Å². The Morgan fingerprint density at radius 1 is 1.21 bits per heavy atom. The van der Waals surface area contributed by atoms with Crippen molar-refractivity contribution >= 4 is 6.03 Å². The average Bonchev–Trinajstić information content (AvgIpc) is 2.47. The molecule has 1 N–H and O–H groups in total. The summed E-state index contributed by atoms with van der Waals surface area (Å²) in [6.07, 6.45) is 3.48. The minimum atomic E-state index is 0.0496. The zero-order chi connectivity index (χ0) is 13.5. The van der Waals surface area contributed by atoms with Gasteiger partial charge in [0.2, 0.25) is 0 Å². The van der Waals surface area contributed by atoms with Gasteiger partial charge in [0.25, 0.3) is 0 Å². The number of benzene rings is 1. The molecule has 0 unspecified atom stereocenters. The Kier molecular flexibility index (Phi) is 5.07. The highest BCUT2D eigenvalue weighted by atomic mass is 16.5. The number of amides is 2. The molecule has 1 aromatic rings. The maximum Gasteiger partial charge on any atom is 0.317 e. The fourth-order valence-corrected chi connectivity index (χ4v) is 2.26. The molecule has 0 aliphatic carbocycles. The van der Waals surface area contributed by atoms with E-state index in [-0.39, 0.29) is 6.03 Å². The van der Waals surface area contributed by atoms with Crippen LogP contribution in [0.2, 0.25) is 0 Å². The fourth-order valence-electron chi connectivity index (χ4n) is 2.26. The second kappa shape index (κ2) is 7.02. The molecule has 0 bridgehead atoms. The highest BCUT2D eigenvalue weighted by molar-refractivity contribution is 5.74. The van der Waals surface area contributed by atoms with Gasteiger partial charge in [-0.2, -0.15) is 0 Å². The van der Waals surface area contributed by atoms with E-state index in [1.165, 1.54) is 6.42 Å². The van der Waals surface area contributed by atoms with Crippen LogP contribution in [0.3, 0.4) is 0 Å². The van der Waals surface area contributed by atoms with E-state index in [1.54, 1.807) is 0 Å². The summed E-state index contributed by atoms with van der Waals surface area (Å²) >= 11 is 0. The average molecular weight is 262 g/mol. The second-order valence-corrected chi connectivity index (χ2v) is 4.78. The van der Waals surface area contributed by atoms with Gasteiger partial charge < -0.3 is 15.0 Å². The molecule has 19 heavy (non-hydrogen) atoms. The number of carbonyl (C=O) groups excluding carboxylic acids is 1. The van der Waals surface area contributed by atoms with Crippen molar-refractivity contribution in [2.24, 2.45) is 0 Å². The number of hydrogen-bond acceptors (Lipinski definition) is 2. The fraction of sp³-hybridized carbons (Fsp3) is 0.533. The number of nitrogens with zero attached hydrogens (tertiary/aromatic N) is 1. The third-order valence-corrected chi connectivity index (χ3v) is 3.32. The molecule has 1 aliphatic heterocycles. The first-order valence-corrected chi connectivity index (χ1v) is 7.04. The topological polar surface area (TPSA) is 41.6 Å². The highest BCUT2D eigenvalue weighted by Crippen LogP contribution is 2.12. The Morgan fingerprint density at radius 2 is 1.89 bits per heavy atom. The molecule has 1 aromatic carbocycles. The SMILES string of the molecule is CCOc1ccc(CNC(=O)N2CCCCC2)cc1. The zero-order valence-electron chi connectivity index (χ0n) is 11.5. The molecule has 0 spiro atoms. The summed E-state index contributed by atoms with van der Waals surface area (Å²) in [5.74, 6) is 0.869. The second-order valence-electron chi connectivity index (χ2n) is 4.78. The summed E-state index contributed by atoms with van der Waals surface area (Å²) < 4.78 is 5.39. The number of rotatable bonds is 4. The molecule has 2 rings (SSSR count). The molecular formula is C15H22N2O2. The van der Waals surface area contributed by atoms with Crippen molar-refractivity contribution < 1.29 is 9.53 Å². The van der Waals surface area contributed by atoms with Crippen molar-refractivity contribution in [2.75, 3.05) is 19.7 Å². The number of hydrogen-bond donors (Lipinski definition) is 1. The van der Waals surface area contributed by atoms with Crippen LogP contribution in [0.15, 0.2) is 24.3 Å². The lowest BCUT2D eigenvalue weighted by Crippen LogP contribution is -2.42. The van der Waals surface area contributed by atoms with Crippen LogP contribution in [0.25, 0.3) is 0 Å². The van der Waals surface area contributed by atoms with E-state index in [0.29, 0.717) is 13.2 Å². The van der Waals surface area contributed by atoms with Crippen molar-refractivity contribution in [1.29, 1.82) is 0 Å². The molecule has 0 atom stereocenters. The van der Waals surface area contributed by atoms with Crippen LogP contribution < -0.4 is 10.1 Å². The summed E-state index contributed by atoms with van der Waals surface area (Å²) in [5.41, 5.74) is 1.09. The summed E-state index contributed by atoms with van der Waals surface area (Å²) in [4.78, 5) is 13.8. The standard InChI is InChI=1S/C15H22N2O2/c1-2-19-14-8-6-13(7-9-14)12-16-15(18)17-10-4-3-5-11-17/h6-9H,2-5,10-12H2,1H3,(H,16,18). The molecule has 0 aromatic heterocycles. The van der Waals surface area contributed by atoms with Crippen LogP contribution in [0.1, 0.15) is 31.7 Å². The van der Waals surface area contributed by atoms with Gasteiger partial charge in [0.05, 0.1) is 6.61 Å². The molecule has 1 fully saturated rings. The van der Waals surface area contributed by atoms with Crippen LogP contribution in [0, 0.1) is 0 Å². The maximum absolute atomic E-state index is 11.9. The molecule has 104 valence electrons. The van der Waals surface area contributed by atoms with Gasteiger partial charge >= 0.3 is 6.03 Å². The Bertz CT molecular complexity index is 397. The zero-order valence-corrected chi connectivity index (χ0v) is 11.5. The Morgan fingerprint density at radius 3 is 2.53 bits per heavy atom. The van der Waals surface area contributed by atoms with Crippen molar-refractivity contribution in [2.45, 2.75) is 32.7 Å². The smallest absolute Gasteiger partial charge is 0.317 e. The lowest BCUT2D eigenvalue weighted by molar-refractivity contribution is 0.186. The van der Waals surface area contributed by atoms with E-state index in [9.17, 15) is 4.79 Å². The third-order valence-electron chi connectivity index (χ3n) is 3.32. The Labute approximate surface area is 114 Å². The predicted octanol–water partition coefficient (Wildman–Crippen LogP) is 2.78. The minimum Gasteiger partial charge on any atom is -0.494 e. The first kappa shape index (κ1) is 13.7. The quantitative estimate of drug-likeness (QED) is 0.906. The van der Waals surface area contributed by atoms with E-state index in [0.717, 1.165) is 37.2 Å². The number of nitrogens with one attached hydrogen (secondary N) is 1. The normalized spacial score (nSPS) is 15.1. The van der Waals surface area contributed by atoms with Crippen molar-refractivity contribution in [3.05, 3.63) is 29.8 Å². The van der Waals surface area contributed by atoms with Crippen LogP contribution in [-0.4, -0.2) is 30.6 Å². The monoisotopic (exact) mass is 262 g/mol. The molecule has 0 saturated carbocycles. The molecular weight excluding hydrogens is 240 g/mol. The van der Waals surface area contributed by atoms with Crippen LogP contribution >= 0.6 is 0 Å². The number of piperidine rings is 1. The first-order valence-electron chi connectivity index (χ1n) is 7.04. The number of carbonyl (C=O) groups is 1. The number of likely N-dealkylation sites (tertiary alicyclic amines) is 1. The lowest BCUT2D eigenvalue weighted by atomic mass is 10.1. The summed E-state index contributed by atoms with van der Waals surface area (Å²) in [5, 5.41) is 2.97. The Balaban J connectivity index is 1.79. The van der Waals surface area contributed by atoms with Gasteiger partial charge in [-0.3, -0.25) is 0 Å². The van der Waals surface area contributed by atoms with E-state index < -0.39 is 0 Å². The van der Waals surface area contributed by atoms with Gasteiger partial charge in [-0.25, -0.2) is 4.79 Å². The third kappa shape index (κ3) is 4.16. The van der Waals surface area contributed by atoms with E-state index >= 15 is 0 Å². The maximum atomic E-state index is 11.9. The summed E-state index contributed by atoms with van der Waals surface area (Å²) in [6, 6.07) is 7.90. The van der Waals surface area contributed by atoms with E-state index in [1.807, 2.05) is 36.1 Å². The molecule has 1 saturated heterocycles. The molecule has 0 radical (unpaired) electrons. The molecule has 4 nitrogen and oxygen atoms in total. The Hall–Kier alpha value is -1.71. The molecule has 2 amide bonds. The van der Waals surface area contributed by atoms with Crippen molar-refractivity contribution in [3.8, 4) is 5.75 Å². The molecule has 1 aliphatic rings. The van der Waals surface area contributed by atoms with Crippen molar-refractivity contribution in [3.63, 3.8) is 0 Å². The van der Waals surface area contributed by atoms with Crippen molar-refractivity contribution in [1.82, 2.24) is 10.2 Å². The van der Waals surface area contributed by atoms with Gasteiger partial charge in [-0.1, -0.05) is 12.1 Å². The number of urea groups is 1. The van der Waals surface area contributed by atoms with E-state index in [4.69, 9.17) is 4.74 Å².